The van der Waals surface area contributed by atoms with Crippen molar-refractivity contribution in [2.75, 3.05) is 0 Å². The maximum Gasteiger partial charge on any atom is 0.155 e. The van der Waals surface area contributed by atoms with Crippen molar-refractivity contribution in [1.82, 2.24) is 0 Å². The van der Waals surface area contributed by atoms with Crippen LogP contribution in [-0.2, 0) is 4.79 Å². The van der Waals surface area contributed by atoms with E-state index < -0.39 is 35.8 Å². The highest BCUT2D eigenvalue weighted by Crippen LogP contribution is 2.65. The third kappa shape index (κ3) is 1.78. The van der Waals surface area contributed by atoms with Crippen LogP contribution in [0.15, 0.2) is 11.6 Å². The van der Waals surface area contributed by atoms with Crippen LogP contribution in [0.25, 0.3) is 0 Å². The molecule has 2 N–H and O–H groups in total. The first kappa shape index (κ1) is 11.0. The average Bonchev–Trinajstić information content (AvgIpc) is 2.66. The van der Waals surface area contributed by atoms with Crippen molar-refractivity contribution in [1.29, 1.82) is 0 Å². The number of rotatable bonds is 0. The summed E-state index contributed by atoms with van der Waals surface area (Å²) in [5.74, 6) is -0.304. The molecule has 0 spiro atoms. The molecule has 4 rings (SSSR count). The molecule has 4 aliphatic carbocycles. The molecule has 0 unspecified atom stereocenters. The average molecular weight is 308 g/mol. The lowest BCUT2D eigenvalue weighted by atomic mass is 9.47. The summed E-state index contributed by atoms with van der Waals surface area (Å²) in [5.41, 5.74) is -0.801. The minimum Gasteiger partial charge on any atom is -0.393 e. The van der Waals surface area contributed by atoms with Crippen molar-refractivity contribution in [2.24, 2.45) is 28.6 Å². The molecule has 122 valence electrons. The van der Waals surface area contributed by atoms with Crippen LogP contribution in [0.3, 0.4) is 0 Å². The molecular formula is C19H28O3. The minimum absolute atomic E-state index is 0.0543. The van der Waals surface area contributed by atoms with Gasteiger partial charge in [0, 0.05) is 10.5 Å². The van der Waals surface area contributed by atoms with Gasteiger partial charge in [0.15, 0.2) is 5.78 Å². The lowest BCUT2D eigenvalue weighted by molar-refractivity contribution is -0.120. The molecule has 0 aromatic rings. The third-order valence-corrected chi connectivity index (χ3v) is 7.15. The van der Waals surface area contributed by atoms with E-state index in [1.54, 1.807) is 0 Å². The highest BCUT2D eigenvalue weighted by Gasteiger charge is 2.60. The van der Waals surface area contributed by atoms with Gasteiger partial charge >= 0.3 is 0 Å². The fourth-order valence-corrected chi connectivity index (χ4v) is 5.78. The number of aliphatic hydroxyl groups is 2. The number of carbonyl (C=O) groups excluding carboxylic acids is 1. The van der Waals surface area contributed by atoms with Crippen LogP contribution in [0.2, 0.25) is 0 Å². The van der Waals surface area contributed by atoms with Crippen LogP contribution in [0.4, 0.5) is 0 Å². The zero-order chi connectivity index (χ0) is 19.3. The zero-order valence-electron chi connectivity index (χ0n) is 17.3. The maximum atomic E-state index is 12.0. The summed E-state index contributed by atoms with van der Waals surface area (Å²) in [5, 5.41) is 21.6. The van der Waals surface area contributed by atoms with E-state index in [0.717, 1.165) is 0 Å². The van der Waals surface area contributed by atoms with E-state index in [-0.39, 0.29) is 36.4 Å². The summed E-state index contributed by atoms with van der Waals surface area (Å²) in [6.45, 7) is 3.79. The SMILES string of the molecule is [2H][C@@H]1CC(=O)C=C2[C@H](O)C[C@H]3[C@H](CC[C@@]4(C)[C@H]3CC([2H])([2H])[C@]4([2H])O)[C@]21C. The molecule has 22 heavy (non-hydrogen) atoms. The molecule has 0 aromatic heterocycles. The predicted molar refractivity (Wildman–Crippen MR) is 84.1 cm³/mol. The monoisotopic (exact) mass is 308 g/mol. The van der Waals surface area contributed by atoms with E-state index in [1.807, 2.05) is 13.8 Å². The number of aliphatic hydroxyl groups excluding tert-OH is 1. The topological polar surface area (TPSA) is 57.5 Å². The molecule has 0 bridgehead atoms. The van der Waals surface area contributed by atoms with Gasteiger partial charge in [0.05, 0.1) is 13.6 Å². The molecule has 3 fully saturated rings. The second-order valence-electron chi connectivity index (χ2n) is 8.07. The van der Waals surface area contributed by atoms with E-state index >= 15 is 0 Å². The Kier molecular flexibility index (Phi) is 2.33. The number of carbonyl (C=O) groups is 1. The highest BCUT2D eigenvalue weighted by atomic mass is 16.3. The molecule has 0 heterocycles. The summed E-state index contributed by atoms with van der Waals surface area (Å²) in [7, 11) is 0. The van der Waals surface area contributed by atoms with Gasteiger partial charge in [0.25, 0.3) is 0 Å². The lowest BCUT2D eigenvalue weighted by Gasteiger charge is -2.58. The first-order valence-corrected chi connectivity index (χ1v) is 8.44. The Morgan fingerprint density at radius 1 is 1.32 bits per heavy atom. The zero-order valence-corrected chi connectivity index (χ0v) is 13.3. The Morgan fingerprint density at radius 3 is 2.86 bits per heavy atom. The summed E-state index contributed by atoms with van der Waals surface area (Å²) in [6, 6.07) is 0. The van der Waals surface area contributed by atoms with Crippen molar-refractivity contribution in [3.63, 3.8) is 0 Å². The Hall–Kier alpha value is -0.670. The Morgan fingerprint density at radius 2 is 2.09 bits per heavy atom. The summed E-state index contributed by atoms with van der Waals surface area (Å²) in [6.07, 6.45) is -2.16. The molecule has 0 saturated heterocycles. The Bertz CT molecular complexity index is 690. The van der Waals surface area contributed by atoms with Crippen LogP contribution < -0.4 is 0 Å². The number of hydrogen-bond donors (Lipinski definition) is 2. The van der Waals surface area contributed by atoms with Gasteiger partial charge in [-0.3, -0.25) is 4.79 Å². The van der Waals surface area contributed by atoms with Crippen molar-refractivity contribution in [2.45, 2.75) is 70.9 Å². The highest BCUT2D eigenvalue weighted by molar-refractivity contribution is 5.91. The van der Waals surface area contributed by atoms with Crippen molar-refractivity contribution >= 4 is 5.78 Å². The standard InChI is InChI=1S/C19H28O3/c1-18-7-5-11(20)9-15(18)16(21)10-12-13-3-4-17(22)19(13,2)8-6-14(12)18/h9,12-14,16-17,21-22H,3-8,10H2,1-2H3/t12-,13+,14+,16-,17+,18-,19+/m1/s1/i4D2,7D,17D/t7-,12-,13+,14+,16-,17+,18-,19+. The van der Waals surface area contributed by atoms with Gasteiger partial charge in [0.2, 0.25) is 0 Å². The van der Waals surface area contributed by atoms with Gasteiger partial charge in [-0.2, -0.15) is 0 Å². The number of ketones is 1. The van der Waals surface area contributed by atoms with Crippen molar-refractivity contribution < 1.29 is 20.5 Å². The molecule has 0 amide bonds. The second kappa shape index (κ2) is 4.67. The van der Waals surface area contributed by atoms with Crippen LogP contribution in [0, 0.1) is 28.6 Å². The first-order chi connectivity index (χ1) is 11.9. The summed E-state index contributed by atoms with van der Waals surface area (Å²) in [4.78, 5) is 12.0. The van der Waals surface area contributed by atoms with Crippen LogP contribution in [-0.4, -0.2) is 28.2 Å². The van der Waals surface area contributed by atoms with E-state index in [1.165, 1.54) is 6.08 Å². The third-order valence-electron chi connectivity index (χ3n) is 7.15. The quantitative estimate of drug-likeness (QED) is 0.723. The summed E-state index contributed by atoms with van der Waals surface area (Å²) < 4.78 is 33.5. The molecule has 3 heteroatoms. The number of fused-ring (bicyclic) bond motifs is 5. The fraction of sp³-hybridized carbons (Fsp3) is 0.842. The first-order valence-electron chi connectivity index (χ1n) is 10.5. The molecule has 0 aromatic carbocycles. The minimum atomic E-state index is -2.15. The molecule has 0 aliphatic heterocycles. The molecule has 3 nitrogen and oxygen atoms in total. The van der Waals surface area contributed by atoms with Crippen LogP contribution >= 0.6 is 0 Å². The summed E-state index contributed by atoms with van der Waals surface area (Å²) >= 11 is 0. The van der Waals surface area contributed by atoms with Gasteiger partial charge in [0.1, 0.15) is 0 Å². The predicted octanol–water partition coefficient (Wildman–Crippen LogP) is 2.85. The van der Waals surface area contributed by atoms with E-state index in [0.29, 0.717) is 24.8 Å². The lowest BCUT2D eigenvalue weighted by Crippen LogP contribution is -2.54. The molecule has 8 atom stereocenters. The Labute approximate surface area is 138 Å². The van der Waals surface area contributed by atoms with Gasteiger partial charge in [-0.05, 0) is 78.7 Å². The normalized spacial score (nSPS) is 65.9. The van der Waals surface area contributed by atoms with Crippen molar-refractivity contribution in [3.8, 4) is 0 Å². The van der Waals surface area contributed by atoms with Gasteiger partial charge in [-0.15, -0.1) is 0 Å². The smallest absolute Gasteiger partial charge is 0.155 e. The Balaban J connectivity index is 1.79. The second-order valence-corrected chi connectivity index (χ2v) is 8.07. The maximum absolute atomic E-state index is 12.0. The molecule has 3 saturated carbocycles. The fourth-order valence-electron chi connectivity index (χ4n) is 5.78. The van der Waals surface area contributed by atoms with E-state index in [4.69, 9.17) is 5.48 Å². The van der Waals surface area contributed by atoms with E-state index in [2.05, 4.69) is 0 Å². The van der Waals surface area contributed by atoms with Crippen LogP contribution in [0.1, 0.15) is 64.2 Å². The van der Waals surface area contributed by atoms with Gasteiger partial charge < -0.3 is 10.2 Å². The van der Waals surface area contributed by atoms with Crippen molar-refractivity contribution in [3.05, 3.63) is 11.6 Å². The van der Waals surface area contributed by atoms with E-state index in [9.17, 15) is 15.0 Å². The molecular weight excluding hydrogens is 276 g/mol. The van der Waals surface area contributed by atoms with Gasteiger partial charge in [-0.25, -0.2) is 0 Å². The van der Waals surface area contributed by atoms with Gasteiger partial charge in [-0.1, -0.05) is 13.8 Å². The number of hydrogen-bond acceptors (Lipinski definition) is 3. The molecule has 4 aliphatic rings. The largest absolute Gasteiger partial charge is 0.393 e. The van der Waals surface area contributed by atoms with Crippen LogP contribution in [0.5, 0.6) is 0 Å². The molecule has 0 radical (unpaired) electrons.